The lowest BCUT2D eigenvalue weighted by atomic mass is 9.94. The van der Waals surface area contributed by atoms with Gasteiger partial charge < -0.3 is 15.2 Å². The van der Waals surface area contributed by atoms with Crippen molar-refractivity contribution >= 4 is 37.7 Å². The summed E-state index contributed by atoms with van der Waals surface area (Å²) in [6, 6.07) is 10.8. The van der Waals surface area contributed by atoms with Crippen LogP contribution in [-0.4, -0.2) is 13.3 Å². The van der Waals surface area contributed by atoms with Gasteiger partial charge in [0.2, 0.25) is 0 Å². The maximum absolute atomic E-state index is 12.9. The number of rotatable bonds is 2. The summed E-state index contributed by atoms with van der Waals surface area (Å²) in [5.74, 6) is 0.167. The van der Waals surface area contributed by atoms with Crippen LogP contribution in [0, 0.1) is 0 Å². The SMILES string of the molecule is COC(=O)Oc1cc(C(C)(C)N)cc2sc3ccccc3c(=O)c12. The number of nitrogens with two attached hydrogens (primary N) is 1. The molecule has 0 radical (unpaired) electrons. The van der Waals surface area contributed by atoms with E-state index in [-0.39, 0.29) is 11.2 Å². The van der Waals surface area contributed by atoms with Gasteiger partial charge in [0.15, 0.2) is 5.43 Å². The number of benzene rings is 2. The van der Waals surface area contributed by atoms with Gasteiger partial charge in [0.25, 0.3) is 0 Å². The molecule has 0 amide bonds. The number of hydrogen-bond donors (Lipinski definition) is 1. The van der Waals surface area contributed by atoms with Crippen molar-refractivity contribution in [1.82, 2.24) is 0 Å². The molecule has 24 heavy (non-hydrogen) atoms. The second kappa shape index (κ2) is 5.89. The van der Waals surface area contributed by atoms with Crippen molar-refractivity contribution in [2.45, 2.75) is 19.4 Å². The molecule has 0 atom stereocenters. The standard InChI is InChI=1S/C18H17NO4S/c1-18(2,19)10-8-12(23-17(21)22-3)15-14(9-10)24-13-7-5-4-6-11(13)16(15)20/h4-9H,19H2,1-3H3. The molecule has 0 aliphatic rings. The largest absolute Gasteiger partial charge is 0.513 e. The number of hydrogen-bond acceptors (Lipinski definition) is 6. The number of methoxy groups -OCH3 is 1. The van der Waals surface area contributed by atoms with Crippen molar-refractivity contribution in [3.05, 3.63) is 52.2 Å². The van der Waals surface area contributed by atoms with E-state index >= 15 is 0 Å². The quantitative estimate of drug-likeness (QED) is 0.435. The highest BCUT2D eigenvalue weighted by atomic mass is 32.1. The van der Waals surface area contributed by atoms with E-state index < -0.39 is 11.7 Å². The Hall–Kier alpha value is -2.44. The van der Waals surface area contributed by atoms with Crippen molar-refractivity contribution in [2.75, 3.05) is 7.11 Å². The second-order valence-electron chi connectivity index (χ2n) is 6.05. The summed E-state index contributed by atoms with van der Waals surface area (Å²) >= 11 is 1.46. The third kappa shape index (κ3) is 2.86. The molecule has 3 rings (SSSR count). The van der Waals surface area contributed by atoms with Gasteiger partial charge in [0.05, 0.1) is 12.5 Å². The molecule has 0 aliphatic heterocycles. The normalized spacial score (nSPS) is 11.7. The van der Waals surface area contributed by atoms with Crippen LogP contribution in [0.2, 0.25) is 0 Å². The first-order valence-corrected chi connectivity index (χ1v) is 8.17. The van der Waals surface area contributed by atoms with E-state index in [0.717, 1.165) is 10.3 Å². The van der Waals surface area contributed by atoms with Crippen LogP contribution in [-0.2, 0) is 10.3 Å². The lowest BCUT2D eigenvalue weighted by Crippen LogP contribution is -2.28. The predicted octanol–water partition coefficient (Wildman–Crippen LogP) is 3.75. The maximum atomic E-state index is 12.9. The first-order valence-electron chi connectivity index (χ1n) is 7.36. The predicted molar refractivity (Wildman–Crippen MR) is 95.8 cm³/mol. The van der Waals surface area contributed by atoms with Crippen molar-refractivity contribution in [3.8, 4) is 5.75 Å². The zero-order valence-corrected chi connectivity index (χ0v) is 14.4. The Balaban J connectivity index is 2.41. The smallest absolute Gasteiger partial charge is 0.437 e. The fourth-order valence-corrected chi connectivity index (χ4v) is 3.61. The molecular weight excluding hydrogens is 326 g/mol. The Morgan fingerprint density at radius 3 is 2.54 bits per heavy atom. The summed E-state index contributed by atoms with van der Waals surface area (Å²) < 4.78 is 11.4. The van der Waals surface area contributed by atoms with Crippen LogP contribution in [0.15, 0.2) is 41.2 Å². The van der Waals surface area contributed by atoms with Crippen LogP contribution in [0.3, 0.4) is 0 Å². The molecule has 0 spiro atoms. The van der Waals surface area contributed by atoms with E-state index in [1.165, 1.54) is 18.4 Å². The summed E-state index contributed by atoms with van der Waals surface area (Å²) in [6.45, 7) is 3.69. The fourth-order valence-electron chi connectivity index (χ4n) is 2.47. The maximum Gasteiger partial charge on any atom is 0.513 e. The highest BCUT2D eigenvalue weighted by molar-refractivity contribution is 7.24. The fraction of sp³-hybridized carbons (Fsp3) is 0.222. The monoisotopic (exact) mass is 343 g/mol. The van der Waals surface area contributed by atoms with Gasteiger partial charge in [-0.3, -0.25) is 4.79 Å². The Morgan fingerprint density at radius 1 is 1.17 bits per heavy atom. The summed E-state index contributed by atoms with van der Waals surface area (Å²) in [5.41, 5.74) is 6.12. The Morgan fingerprint density at radius 2 is 1.88 bits per heavy atom. The second-order valence-corrected chi connectivity index (χ2v) is 7.14. The highest BCUT2D eigenvalue weighted by Crippen LogP contribution is 2.34. The van der Waals surface area contributed by atoms with Crippen molar-refractivity contribution < 1.29 is 14.3 Å². The molecule has 0 aliphatic carbocycles. The molecule has 2 N–H and O–H groups in total. The van der Waals surface area contributed by atoms with Crippen LogP contribution >= 0.6 is 11.3 Å². The van der Waals surface area contributed by atoms with E-state index in [2.05, 4.69) is 4.74 Å². The topological polar surface area (TPSA) is 78.6 Å². The van der Waals surface area contributed by atoms with Crippen molar-refractivity contribution in [2.24, 2.45) is 5.73 Å². The number of fused-ring (bicyclic) bond motifs is 2. The molecule has 1 heterocycles. The third-order valence-corrected chi connectivity index (χ3v) is 4.87. The summed E-state index contributed by atoms with van der Waals surface area (Å²) in [4.78, 5) is 24.5. The van der Waals surface area contributed by atoms with Crippen molar-refractivity contribution in [1.29, 1.82) is 0 Å². The number of ether oxygens (including phenoxy) is 2. The minimum Gasteiger partial charge on any atom is -0.437 e. The van der Waals surface area contributed by atoms with Crippen LogP contribution in [0.1, 0.15) is 19.4 Å². The summed E-state index contributed by atoms with van der Waals surface area (Å²) in [6.07, 6.45) is -0.874. The zero-order chi connectivity index (χ0) is 17.5. The van der Waals surface area contributed by atoms with E-state index in [9.17, 15) is 9.59 Å². The average molecular weight is 343 g/mol. The lowest BCUT2D eigenvalue weighted by Gasteiger charge is -2.21. The average Bonchev–Trinajstić information content (AvgIpc) is 2.53. The van der Waals surface area contributed by atoms with E-state index in [1.54, 1.807) is 18.2 Å². The van der Waals surface area contributed by atoms with E-state index in [1.807, 2.05) is 32.0 Å². The van der Waals surface area contributed by atoms with Crippen LogP contribution in [0.25, 0.3) is 20.2 Å². The number of carbonyl (C=O) groups excluding carboxylic acids is 1. The van der Waals surface area contributed by atoms with Crippen molar-refractivity contribution in [3.63, 3.8) is 0 Å². The third-order valence-electron chi connectivity index (χ3n) is 3.75. The van der Waals surface area contributed by atoms with Crippen LogP contribution in [0.5, 0.6) is 5.75 Å². The first-order chi connectivity index (χ1) is 11.3. The highest BCUT2D eigenvalue weighted by Gasteiger charge is 2.21. The zero-order valence-electron chi connectivity index (χ0n) is 13.6. The van der Waals surface area contributed by atoms with Gasteiger partial charge in [0, 0.05) is 20.3 Å². The van der Waals surface area contributed by atoms with Gasteiger partial charge >= 0.3 is 6.16 Å². The molecule has 6 heteroatoms. The molecular formula is C18H17NO4S. The van der Waals surface area contributed by atoms with Gasteiger partial charge in [-0.15, -0.1) is 11.3 Å². The Labute approximate surface area is 142 Å². The van der Waals surface area contributed by atoms with Crippen LogP contribution in [0.4, 0.5) is 4.79 Å². The van der Waals surface area contributed by atoms with Gasteiger partial charge in [-0.2, -0.15) is 0 Å². The number of carbonyl (C=O) groups is 1. The molecule has 0 unspecified atom stereocenters. The Bertz CT molecular complexity index is 1000. The first kappa shape index (κ1) is 16.4. The van der Waals surface area contributed by atoms with E-state index in [0.29, 0.717) is 15.5 Å². The minimum absolute atomic E-state index is 0.167. The molecule has 1 aromatic heterocycles. The van der Waals surface area contributed by atoms with E-state index in [4.69, 9.17) is 10.5 Å². The lowest BCUT2D eigenvalue weighted by molar-refractivity contribution is 0.122. The molecule has 124 valence electrons. The van der Waals surface area contributed by atoms with Crippen LogP contribution < -0.4 is 15.9 Å². The molecule has 0 saturated carbocycles. The summed E-state index contributed by atoms with van der Waals surface area (Å²) in [7, 11) is 1.22. The molecule has 0 fully saturated rings. The Kier molecular flexibility index (Phi) is 4.03. The molecule has 0 saturated heterocycles. The van der Waals surface area contributed by atoms with Gasteiger partial charge in [0.1, 0.15) is 5.75 Å². The molecule has 3 aromatic rings. The summed E-state index contributed by atoms with van der Waals surface area (Å²) in [5, 5.41) is 0.946. The van der Waals surface area contributed by atoms with Gasteiger partial charge in [-0.25, -0.2) is 4.79 Å². The van der Waals surface area contributed by atoms with Gasteiger partial charge in [-0.1, -0.05) is 12.1 Å². The molecule has 2 aromatic carbocycles. The molecule has 0 bridgehead atoms. The molecule has 5 nitrogen and oxygen atoms in total. The minimum atomic E-state index is -0.874. The van der Waals surface area contributed by atoms with Gasteiger partial charge in [-0.05, 0) is 43.7 Å².